The molecule has 1 saturated heterocycles. The van der Waals surface area contributed by atoms with Gasteiger partial charge in [0, 0.05) is 5.02 Å². The third-order valence-corrected chi connectivity index (χ3v) is 6.01. The molecule has 0 aromatic heterocycles. The van der Waals surface area contributed by atoms with Crippen LogP contribution in [0.5, 0.6) is 0 Å². The van der Waals surface area contributed by atoms with E-state index in [1.54, 1.807) is 19.1 Å². The summed E-state index contributed by atoms with van der Waals surface area (Å²) in [6.45, 7) is 3.28. The summed E-state index contributed by atoms with van der Waals surface area (Å²) < 4.78 is 5.83. The molecule has 1 aliphatic rings. The predicted octanol–water partition coefficient (Wildman–Crippen LogP) is 2.18. The Kier molecular flexibility index (Phi) is 6.44. The van der Waals surface area contributed by atoms with Gasteiger partial charge in [-0.2, -0.15) is 0 Å². The highest BCUT2D eigenvalue weighted by molar-refractivity contribution is 6.31. The van der Waals surface area contributed by atoms with E-state index in [1.165, 1.54) is 5.56 Å². The molecule has 2 aromatic carbocycles. The molecule has 152 valence electrons. The smallest absolute Gasteiger partial charge is 0.119 e. The number of aliphatic hydroxyl groups excluding tert-OH is 4. The molecule has 0 saturated carbocycles. The maximum Gasteiger partial charge on any atom is 0.119 e. The molecule has 0 radical (unpaired) electrons. The Bertz CT molecular complexity index is 807. The van der Waals surface area contributed by atoms with Gasteiger partial charge in [-0.05, 0) is 48.1 Å². The fraction of sp³-hybridized carbons (Fsp3) is 0.455. The van der Waals surface area contributed by atoms with Crippen LogP contribution < -0.4 is 0 Å². The summed E-state index contributed by atoms with van der Waals surface area (Å²) in [6, 6.07) is 13.6. The standard InChI is InChI=1S/C22H27ClO5/c1-3-13-4-6-14(7-5-13)10-15-11-16(8-9-17(15)23)22(2)21(27)20(26)19(25)18(12-24)28-22/h4-9,11,18-21,24-27H,3,10,12H2,1-2H3/t18-,19+,20-,21+,22-/m0/s1. The second-order valence-electron chi connectivity index (χ2n) is 7.52. The van der Waals surface area contributed by atoms with Gasteiger partial charge in [0.2, 0.25) is 0 Å². The summed E-state index contributed by atoms with van der Waals surface area (Å²) in [7, 11) is 0. The highest BCUT2D eigenvalue weighted by atomic mass is 35.5. The quantitative estimate of drug-likeness (QED) is 0.611. The van der Waals surface area contributed by atoms with Crippen LogP contribution in [0.1, 0.15) is 36.1 Å². The van der Waals surface area contributed by atoms with Crippen molar-refractivity contribution in [3.8, 4) is 0 Å². The van der Waals surface area contributed by atoms with E-state index in [0.717, 1.165) is 17.5 Å². The van der Waals surface area contributed by atoms with Crippen molar-refractivity contribution in [3.63, 3.8) is 0 Å². The summed E-state index contributed by atoms with van der Waals surface area (Å²) in [5.41, 5.74) is 2.56. The molecular weight excluding hydrogens is 380 g/mol. The molecular formula is C22H27ClO5. The van der Waals surface area contributed by atoms with E-state index in [4.69, 9.17) is 16.3 Å². The molecule has 5 nitrogen and oxygen atoms in total. The van der Waals surface area contributed by atoms with Gasteiger partial charge >= 0.3 is 0 Å². The summed E-state index contributed by atoms with van der Waals surface area (Å²) in [5, 5.41) is 40.9. The van der Waals surface area contributed by atoms with Gasteiger partial charge in [0.1, 0.15) is 30.0 Å². The Labute approximate surface area is 170 Å². The summed E-state index contributed by atoms with van der Waals surface area (Å²) >= 11 is 6.40. The van der Waals surface area contributed by atoms with Crippen LogP contribution >= 0.6 is 11.6 Å². The minimum atomic E-state index is -1.43. The van der Waals surface area contributed by atoms with Gasteiger partial charge in [-0.15, -0.1) is 0 Å². The van der Waals surface area contributed by atoms with E-state index < -0.39 is 36.6 Å². The number of aryl methyl sites for hydroxylation is 1. The van der Waals surface area contributed by atoms with Crippen LogP contribution in [0.2, 0.25) is 5.02 Å². The topological polar surface area (TPSA) is 90.2 Å². The Morgan fingerprint density at radius 1 is 1.00 bits per heavy atom. The molecule has 0 unspecified atom stereocenters. The van der Waals surface area contributed by atoms with E-state index in [0.29, 0.717) is 17.0 Å². The summed E-state index contributed by atoms with van der Waals surface area (Å²) in [4.78, 5) is 0. The molecule has 0 amide bonds. The fourth-order valence-electron chi connectivity index (χ4n) is 3.70. The molecule has 28 heavy (non-hydrogen) atoms. The normalized spacial score (nSPS) is 30.4. The molecule has 5 atom stereocenters. The van der Waals surface area contributed by atoms with E-state index in [2.05, 4.69) is 31.2 Å². The second-order valence-corrected chi connectivity index (χ2v) is 7.93. The largest absolute Gasteiger partial charge is 0.394 e. The average molecular weight is 407 g/mol. The minimum Gasteiger partial charge on any atom is -0.394 e. The number of ether oxygens (including phenoxy) is 1. The second kappa shape index (κ2) is 8.49. The van der Waals surface area contributed by atoms with Crippen molar-refractivity contribution in [1.29, 1.82) is 0 Å². The number of hydrogen-bond acceptors (Lipinski definition) is 5. The molecule has 1 aliphatic heterocycles. The highest BCUT2D eigenvalue weighted by Crippen LogP contribution is 2.39. The number of aliphatic hydroxyl groups is 4. The van der Waals surface area contributed by atoms with Gasteiger partial charge in [-0.1, -0.05) is 54.9 Å². The van der Waals surface area contributed by atoms with Crippen LogP contribution in [-0.4, -0.2) is 51.4 Å². The zero-order valence-electron chi connectivity index (χ0n) is 16.0. The lowest BCUT2D eigenvalue weighted by molar-refractivity contribution is -0.273. The van der Waals surface area contributed by atoms with Gasteiger partial charge in [-0.25, -0.2) is 0 Å². The molecule has 1 fully saturated rings. The fourth-order valence-corrected chi connectivity index (χ4v) is 3.89. The number of hydrogen-bond donors (Lipinski definition) is 4. The van der Waals surface area contributed by atoms with Crippen LogP contribution in [-0.2, 0) is 23.2 Å². The van der Waals surface area contributed by atoms with Crippen molar-refractivity contribution in [2.45, 2.75) is 56.7 Å². The van der Waals surface area contributed by atoms with E-state index in [-0.39, 0.29) is 0 Å². The van der Waals surface area contributed by atoms with Crippen molar-refractivity contribution in [1.82, 2.24) is 0 Å². The number of benzene rings is 2. The van der Waals surface area contributed by atoms with E-state index in [1.807, 2.05) is 6.07 Å². The average Bonchev–Trinajstić information content (AvgIpc) is 2.71. The van der Waals surface area contributed by atoms with Crippen molar-refractivity contribution in [3.05, 3.63) is 69.7 Å². The van der Waals surface area contributed by atoms with Gasteiger partial charge in [0.05, 0.1) is 6.61 Å². The molecule has 0 bridgehead atoms. The Morgan fingerprint density at radius 2 is 1.64 bits per heavy atom. The highest BCUT2D eigenvalue weighted by Gasteiger charge is 2.51. The lowest BCUT2D eigenvalue weighted by atomic mass is 9.80. The van der Waals surface area contributed by atoms with Crippen LogP contribution in [0.4, 0.5) is 0 Å². The van der Waals surface area contributed by atoms with Crippen molar-refractivity contribution < 1.29 is 25.2 Å². The van der Waals surface area contributed by atoms with Crippen LogP contribution in [0.3, 0.4) is 0 Å². The first kappa shape index (κ1) is 21.2. The van der Waals surface area contributed by atoms with Crippen molar-refractivity contribution in [2.75, 3.05) is 6.61 Å². The van der Waals surface area contributed by atoms with Gasteiger partial charge in [-0.3, -0.25) is 0 Å². The summed E-state index contributed by atoms with van der Waals surface area (Å²) in [5.74, 6) is 0. The first-order chi connectivity index (χ1) is 13.3. The van der Waals surface area contributed by atoms with Crippen molar-refractivity contribution in [2.24, 2.45) is 0 Å². The monoisotopic (exact) mass is 406 g/mol. The maximum absolute atomic E-state index is 10.6. The van der Waals surface area contributed by atoms with Gasteiger partial charge in [0.15, 0.2) is 0 Å². The molecule has 3 rings (SSSR count). The molecule has 0 aliphatic carbocycles. The SMILES string of the molecule is CCc1ccc(Cc2cc([C@]3(C)O[C@@H](CO)[C@@H](O)[C@H](O)[C@H]3O)ccc2Cl)cc1. The third-order valence-electron chi connectivity index (χ3n) is 5.64. The predicted molar refractivity (Wildman–Crippen MR) is 107 cm³/mol. The van der Waals surface area contributed by atoms with Crippen LogP contribution in [0, 0.1) is 0 Å². The molecule has 0 spiro atoms. The zero-order valence-corrected chi connectivity index (χ0v) is 16.8. The number of halogens is 1. The first-order valence-corrected chi connectivity index (χ1v) is 9.87. The third kappa shape index (κ3) is 3.96. The van der Waals surface area contributed by atoms with Gasteiger partial charge in [0.25, 0.3) is 0 Å². The van der Waals surface area contributed by atoms with Crippen LogP contribution in [0.25, 0.3) is 0 Å². The van der Waals surface area contributed by atoms with E-state index in [9.17, 15) is 20.4 Å². The lowest BCUT2D eigenvalue weighted by Crippen LogP contribution is -2.62. The maximum atomic E-state index is 10.6. The Morgan fingerprint density at radius 3 is 2.25 bits per heavy atom. The van der Waals surface area contributed by atoms with Crippen molar-refractivity contribution >= 4 is 11.6 Å². The Hall–Kier alpha value is -1.47. The number of rotatable bonds is 5. The molecule has 1 heterocycles. The minimum absolute atomic E-state index is 0.467. The first-order valence-electron chi connectivity index (χ1n) is 9.49. The van der Waals surface area contributed by atoms with Gasteiger partial charge < -0.3 is 25.2 Å². The molecule has 6 heteroatoms. The lowest BCUT2D eigenvalue weighted by Gasteiger charge is -2.47. The zero-order chi connectivity index (χ0) is 20.5. The van der Waals surface area contributed by atoms with Crippen LogP contribution in [0.15, 0.2) is 42.5 Å². The molecule has 4 N–H and O–H groups in total. The van der Waals surface area contributed by atoms with E-state index >= 15 is 0 Å². The summed E-state index contributed by atoms with van der Waals surface area (Å²) in [6.07, 6.45) is -3.57. The molecule has 2 aromatic rings. The Balaban J connectivity index is 1.92.